The molecule has 0 aliphatic carbocycles. The summed E-state index contributed by atoms with van der Waals surface area (Å²) in [7, 11) is 0. The highest BCUT2D eigenvalue weighted by molar-refractivity contribution is 5.87. The van der Waals surface area contributed by atoms with Gasteiger partial charge in [-0.15, -0.1) is 0 Å². The molecule has 130 valence electrons. The van der Waals surface area contributed by atoms with Crippen LogP contribution in [-0.4, -0.2) is 35.6 Å². The average Bonchev–Trinajstić information content (AvgIpc) is 3.13. The molecule has 0 saturated carbocycles. The van der Waals surface area contributed by atoms with E-state index in [1.807, 2.05) is 53.2 Å². The number of imidazole rings is 1. The molecule has 3 aromatic heterocycles. The minimum atomic E-state index is -0.327. The molecule has 4 aromatic rings. The first kappa shape index (κ1) is 15.2. The zero-order chi connectivity index (χ0) is 17.5. The van der Waals surface area contributed by atoms with Gasteiger partial charge in [-0.1, -0.05) is 12.1 Å². The van der Waals surface area contributed by atoms with Crippen molar-refractivity contribution in [2.24, 2.45) is 0 Å². The van der Waals surface area contributed by atoms with Crippen LogP contribution in [0, 0.1) is 0 Å². The summed E-state index contributed by atoms with van der Waals surface area (Å²) in [4.78, 5) is 19.4. The predicted molar refractivity (Wildman–Crippen MR) is 102 cm³/mol. The molecule has 1 aromatic carbocycles. The van der Waals surface area contributed by atoms with Crippen molar-refractivity contribution in [3.8, 4) is 11.5 Å². The highest BCUT2D eigenvalue weighted by Gasteiger charge is 2.14. The summed E-state index contributed by atoms with van der Waals surface area (Å²) < 4.78 is 7.50. The van der Waals surface area contributed by atoms with Crippen LogP contribution in [0.3, 0.4) is 0 Å². The van der Waals surface area contributed by atoms with E-state index in [0.29, 0.717) is 16.8 Å². The van der Waals surface area contributed by atoms with Gasteiger partial charge >= 0.3 is 5.63 Å². The van der Waals surface area contributed by atoms with E-state index in [0.717, 1.165) is 42.9 Å². The lowest BCUT2D eigenvalue weighted by Crippen LogP contribution is -2.43. The molecule has 0 amide bonds. The first-order valence-corrected chi connectivity index (χ1v) is 8.76. The van der Waals surface area contributed by atoms with Crippen molar-refractivity contribution in [3.05, 3.63) is 65.3 Å². The molecular formula is C20H18N4O2. The zero-order valence-electron chi connectivity index (χ0n) is 14.2. The van der Waals surface area contributed by atoms with Crippen LogP contribution in [0.25, 0.3) is 27.9 Å². The second-order valence-corrected chi connectivity index (χ2v) is 6.50. The van der Waals surface area contributed by atoms with Crippen LogP contribution >= 0.6 is 0 Å². The third kappa shape index (κ3) is 2.55. The Balaban J connectivity index is 1.59. The van der Waals surface area contributed by atoms with Gasteiger partial charge in [-0.05, 0) is 35.7 Å². The number of nitrogens with zero attached hydrogens (tertiary/aromatic N) is 3. The average molecular weight is 346 g/mol. The molecule has 4 heterocycles. The summed E-state index contributed by atoms with van der Waals surface area (Å²) in [5, 5.41) is 4.81. The Kier molecular flexibility index (Phi) is 3.50. The molecule has 5 rings (SSSR count). The van der Waals surface area contributed by atoms with Gasteiger partial charge in [-0.2, -0.15) is 0 Å². The number of pyridine rings is 1. The van der Waals surface area contributed by atoms with Crippen molar-refractivity contribution in [2.45, 2.75) is 0 Å². The summed E-state index contributed by atoms with van der Waals surface area (Å²) in [6.07, 6.45) is 3.79. The Morgan fingerprint density at radius 2 is 1.96 bits per heavy atom. The van der Waals surface area contributed by atoms with E-state index in [-0.39, 0.29) is 5.63 Å². The van der Waals surface area contributed by atoms with E-state index in [1.165, 1.54) is 0 Å². The second-order valence-electron chi connectivity index (χ2n) is 6.50. The van der Waals surface area contributed by atoms with Gasteiger partial charge in [0, 0.05) is 44.3 Å². The van der Waals surface area contributed by atoms with Gasteiger partial charge in [0.1, 0.15) is 11.3 Å². The summed E-state index contributed by atoms with van der Waals surface area (Å²) in [6, 6.07) is 13.7. The van der Waals surface area contributed by atoms with E-state index < -0.39 is 0 Å². The number of fused-ring (bicyclic) bond motifs is 2. The molecule has 0 unspecified atom stereocenters. The summed E-state index contributed by atoms with van der Waals surface area (Å²) in [5.41, 5.74) is 2.21. The molecule has 0 spiro atoms. The Labute approximate surface area is 149 Å². The molecular weight excluding hydrogens is 328 g/mol. The molecule has 0 atom stereocenters. The van der Waals surface area contributed by atoms with Crippen molar-refractivity contribution >= 4 is 22.1 Å². The van der Waals surface area contributed by atoms with Crippen molar-refractivity contribution < 1.29 is 4.42 Å². The highest BCUT2D eigenvalue weighted by atomic mass is 16.4. The lowest BCUT2D eigenvalue weighted by Gasteiger charge is -2.29. The first-order valence-electron chi connectivity index (χ1n) is 8.76. The third-order valence-electron chi connectivity index (χ3n) is 4.84. The maximum atomic E-state index is 12.6. The third-order valence-corrected chi connectivity index (χ3v) is 4.84. The SMILES string of the molecule is O=c1oc(-c2cn3ccccc3n2)cc2ccc(N3CCNCC3)cc12. The molecule has 26 heavy (non-hydrogen) atoms. The maximum absolute atomic E-state index is 12.6. The largest absolute Gasteiger partial charge is 0.421 e. The van der Waals surface area contributed by atoms with Gasteiger partial charge in [0.05, 0.1) is 5.39 Å². The lowest BCUT2D eigenvalue weighted by atomic mass is 10.1. The second kappa shape index (κ2) is 6.00. The van der Waals surface area contributed by atoms with Gasteiger partial charge in [0.2, 0.25) is 0 Å². The molecule has 1 aliphatic rings. The summed E-state index contributed by atoms with van der Waals surface area (Å²) in [5.74, 6) is 0.487. The molecule has 1 saturated heterocycles. The smallest absolute Gasteiger partial charge is 0.344 e. The molecule has 0 bridgehead atoms. The van der Waals surface area contributed by atoms with Crippen molar-refractivity contribution in [1.82, 2.24) is 14.7 Å². The van der Waals surface area contributed by atoms with E-state index in [1.54, 1.807) is 0 Å². The number of piperazine rings is 1. The van der Waals surface area contributed by atoms with Crippen molar-refractivity contribution in [2.75, 3.05) is 31.1 Å². The van der Waals surface area contributed by atoms with E-state index >= 15 is 0 Å². The van der Waals surface area contributed by atoms with Gasteiger partial charge in [-0.3, -0.25) is 0 Å². The molecule has 6 heteroatoms. The number of aromatic nitrogens is 2. The Hall–Kier alpha value is -3.12. The number of rotatable bonds is 2. The predicted octanol–water partition coefficient (Wildman–Crippen LogP) is 2.52. The van der Waals surface area contributed by atoms with E-state index in [4.69, 9.17) is 4.42 Å². The fourth-order valence-corrected chi connectivity index (χ4v) is 3.47. The number of hydrogen-bond acceptors (Lipinski definition) is 5. The topological polar surface area (TPSA) is 62.8 Å². The van der Waals surface area contributed by atoms with Crippen molar-refractivity contribution in [1.29, 1.82) is 0 Å². The number of hydrogen-bond donors (Lipinski definition) is 1. The highest BCUT2D eigenvalue weighted by Crippen LogP contribution is 2.25. The minimum absolute atomic E-state index is 0.327. The van der Waals surface area contributed by atoms with Gasteiger partial charge in [0.25, 0.3) is 0 Å². The minimum Gasteiger partial charge on any atom is -0.421 e. The van der Waals surface area contributed by atoms with Crippen LogP contribution in [0.4, 0.5) is 5.69 Å². The van der Waals surface area contributed by atoms with Gasteiger partial charge < -0.3 is 19.0 Å². The van der Waals surface area contributed by atoms with Crippen LogP contribution in [0.5, 0.6) is 0 Å². The summed E-state index contributed by atoms with van der Waals surface area (Å²) in [6.45, 7) is 3.80. The van der Waals surface area contributed by atoms with Crippen LogP contribution in [0.1, 0.15) is 0 Å². The number of anilines is 1. The Bertz CT molecular complexity index is 1120. The van der Waals surface area contributed by atoms with Crippen LogP contribution in [0.15, 0.2) is 64.1 Å². The van der Waals surface area contributed by atoms with Gasteiger partial charge in [0.15, 0.2) is 5.76 Å². The fourth-order valence-electron chi connectivity index (χ4n) is 3.47. The van der Waals surface area contributed by atoms with Gasteiger partial charge in [-0.25, -0.2) is 9.78 Å². The fraction of sp³-hybridized carbons (Fsp3) is 0.200. The van der Waals surface area contributed by atoms with E-state index in [9.17, 15) is 4.79 Å². The molecule has 0 radical (unpaired) electrons. The number of benzene rings is 1. The summed E-state index contributed by atoms with van der Waals surface area (Å²) >= 11 is 0. The zero-order valence-corrected chi connectivity index (χ0v) is 14.2. The lowest BCUT2D eigenvalue weighted by molar-refractivity contribution is 0.533. The first-order chi connectivity index (χ1) is 12.8. The molecule has 6 nitrogen and oxygen atoms in total. The number of nitrogens with one attached hydrogen (secondary N) is 1. The normalized spacial score (nSPS) is 15.0. The Morgan fingerprint density at radius 1 is 1.08 bits per heavy atom. The monoisotopic (exact) mass is 346 g/mol. The molecule has 1 aliphatic heterocycles. The van der Waals surface area contributed by atoms with Crippen LogP contribution in [0.2, 0.25) is 0 Å². The molecule has 1 N–H and O–H groups in total. The quantitative estimate of drug-likeness (QED) is 0.604. The van der Waals surface area contributed by atoms with Crippen molar-refractivity contribution in [3.63, 3.8) is 0 Å². The maximum Gasteiger partial charge on any atom is 0.344 e. The van der Waals surface area contributed by atoms with Crippen LogP contribution in [-0.2, 0) is 0 Å². The van der Waals surface area contributed by atoms with E-state index in [2.05, 4.69) is 21.3 Å². The Morgan fingerprint density at radius 3 is 2.81 bits per heavy atom. The van der Waals surface area contributed by atoms with Crippen LogP contribution < -0.4 is 15.8 Å². The standard InChI is InChI=1S/C20H18N4O2/c25-20-16-12-15(23-9-6-21-7-10-23)5-4-14(16)11-18(26-20)17-13-24-8-2-1-3-19(24)22-17/h1-5,8,11-13,21H,6-7,9-10H2. The molecule has 1 fully saturated rings.